The molecular formula is C27H27NO2. The SMILES string of the molecule is c1ccc2c(c1)CNC(c1ccc3c(c1)CCC(c1ccc4c(c1)COCC4)O3)C2. The van der Waals surface area contributed by atoms with Crippen LogP contribution < -0.4 is 10.1 Å². The zero-order valence-corrected chi connectivity index (χ0v) is 17.2. The Morgan fingerprint density at radius 3 is 2.60 bits per heavy atom. The summed E-state index contributed by atoms with van der Waals surface area (Å²) in [6.07, 6.45) is 4.29. The second-order valence-corrected chi connectivity index (χ2v) is 8.75. The van der Waals surface area contributed by atoms with Crippen LogP contribution in [0.2, 0.25) is 0 Å². The fraction of sp³-hybridized carbons (Fsp3) is 0.333. The lowest BCUT2D eigenvalue weighted by Gasteiger charge is -2.30. The van der Waals surface area contributed by atoms with Crippen LogP contribution in [0.4, 0.5) is 0 Å². The van der Waals surface area contributed by atoms with Gasteiger partial charge in [0, 0.05) is 12.6 Å². The van der Waals surface area contributed by atoms with E-state index < -0.39 is 0 Å². The first-order valence-electron chi connectivity index (χ1n) is 11.1. The van der Waals surface area contributed by atoms with Crippen molar-refractivity contribution in [2.45, 2.75) is 51.0 Å². The van der Waals surface area contributed by atoms with Crippen LogP contribution in [0.3, 0.4) is 0 Å². The van der Waals surface area contributed by atoms with Crippen LogP contribution in [0.1, 0.15) is 57.5 Å². The quantitative estimate of drug-likeness (QED) is 0.644. The molecule has 0 aliphatic carbocycles. The summed E-state index contributed by atoms with van der Waals surface area (Å²) >= 11 is 0. The van der Waals surface area contributed by atoms with Crippen molar-refractivity contribution in [3.8, 4) is 5.75 Å². The minimum atomic E-state index is 0.134. The third kappa shape index (κ3) is 3.32. The number of nitrogens with one attached hydrogen (secondary N) is 1. The molecule has 0 saturated carbocycles. The molecular weight excluding hydrogens is 370 g/mol. The Hall–Kier alpha value is -2.62. The van der Waals surface area contributed by atoms with Gasteiger partial charge in [0.05, 0.1) is 13.2 Å². The Morgan fingerprint density at radius 1 is 0.767 bits per heavy atom. The predicted molar refractivity (Wildman–Crippen MR) is 118 cm³/mol. The summed E-state index contributed by atoms with van der Waals surface area (Å²) in [6.45, 7) is 2.51. The molecule has 0 fully saturated rings. The Bertz CT molecular complexity index is 1090. The van der Waals surface area contributed by atoms with Gasteiger partial charge in [-0.25, -0.2) is 0 Å². The summed E-state index contributed by atoms with van der Waals surface area (Å²) in [5.74, 6) is 1.04. The number of hydrogen-bond acceptors (Lipinski definition) is 3. The molecule has 2 unspecified atom stereocenters. The van der Waals surface area contributed by atoms with Gasteiger partial charge < -0.3 is 14.8 Å². The number of hydrogen-bond donors (Lipinski definition) is 1. The van der Waals surface area contributed by atoms with Crippen LogP contribution in [0.25, 0.3) is 0 Å². The van der Waals surface area contributed by atoms with Crippen LogP contribution in [-0.2, 0) is 37.2 Å². The van der Waals surface area contributed by atoms with E-state index in [0.29, 0.717) is 6.04 Å². The van der Waals surface area contributed by atoms with E-state index in [2.05, 4.69) is 66.0 Å². The van der Waals surface area contributed by atoms with Gasteiger partial charge >= 0.3 is 0 Å². The van der Waals surface area contributed by atoms with E-state index in [0.717, 1.165) is 51.2 Å². The second kappa shape index (κ2) is 7.57. The number of rotatable bonds is 2. The largest absolute Gasteiger partial charge is 0.485 e. The summed E-state index contributed by atoms with van der Waals surface area (Å²) in [5, 5.41) is 3.71. The average Bonchev–Trinajstić information content (AvgIpc) is 2.83. The third-order valence-corrected chi connectivity index (χ3v) is 6.89. The first-order valence-corrected chi connectivity index (χ1v) is 11.1. The Morgan fingerprint density at radius 2 is 1.63 bits per heavy atom. The minimum absolute atomic E-state index is 0.134. The van der Waals surface area contributed by atoms with Crippen LogP contribution in [0.5, 0.6) is 5.75 Å². The molecule has 3 heterocycles. The van der Waals surface area contributed by atoms with Crippen molar-refractivity contribution in [2.24, 2.45) is 0 Å². The number of ether oxygens (including phenoxy) is 2. The van der Waals surface area contributed by atoms with Gasteiger partial charge in [-0.15, -0.1) is 0 Å². The first kappa shape index (κ1) is 18.2. The smallest absolute Gasteiger partial charge is 0.124 e. The number of fused-ring (bicyclic) bond motifs is 3. The lowest BCUT2D eigenvalue weighted by atomic mass is 9.89. The van der Waals surface area contributed by atoms with E-state index in [1.807, 2.05) is 0 Å². The molecule has 0 spiro atoms. The molecule has 3 aromatic carbocycles. The van der Waals surface area contributed by atoms with Gasteiger partial charge in [-0.1, -0.05) is 48.5 Å². The molecule has 3 aliphatic heterocycles. The summed E-state index contributed by atoms with van der Waals surface area (Å²) in [4.78, 5) is 0. The van der Waals surface area contributed by atoms with Crippen molar-refractivity contribution in [2.75, 3.05) is 6.61 Å². The molecule has 3 nitrogen and oxygen atoms in total. The van der Waals surface area contributed by atoms with E-state index in [1.165, 1.54) is 38.9 Å². The van der Waals surface area contributed by atoms with Crippen LogP contribution >= 0.6 is 0 Å². The highest BCUT2D eigenvalue weighted by molar-refractivity contribution is 5.43. The highest BCUT2D eigenvalue weighted by Crippen LogP contribution is 2.38. The van der Waals surface area contributed by atoms with Gasteiger partial charge in [-0.2, -0.15) is 0 Å². The van der Waals surface area contributed by atoms with E-state index in [9.17, 15) is 0 Å². The highest BCUT2D eigenvalue weighted by atomic mass is 16.5. The Labute approximate surface area is 178 Å². The maximum Gasteiger partial charge on any atom is 0.124 e. The molecule has 0 amide bonds. The first-order chi connectivity index (χ1) is 14.8. The third-order valence-electron chi connectivity index (χ3n) is 6.89. The van der Waals surface area contributed by atoms with E-state index >= 15 is 0 Å². The highest BCUT2D eigenvalue weighted by Gasteiger charge is 2.25. The number of benzene rings is 3. The molecule has 3 aromatic rings. The molecule has 0 aromatic heterocycles. The van der Waals surface area contributed by atoms with Crippen molar-refractivity contribution in [1.82, 2.24) is 5.32 Å². The van der Waals surface area contributed by atoms with E-state index in [-0.39, 0.29) is 6.10 Å². The molecule has 2 atom stereocenters. The van der Waals surface area contributed by atoms with Crippen molar-refractivity contribution in [3.63, 3.8) is 0 Å². The zero-order chi connectivity index (χ0) is 19.9. The molecule has 3 heteroatoms. The predicted octanol–water partition coefficient (Wildman–Crippen LogP) is 5.21. The molecule has 152 valence electrons. The van der Waals surface area contributed by atoms with Gasteiger partial charge in [0.1, 0.15) is 11.9 Å². The summed E-state index contributed by atoms with van der Waals surface area (Å²) in [6, 6.07) is 22.7. The lowest BCUT2D eigenvalue weighted by Crippen LogP contribution is -2.28. The summed E-state index contributed by atoms with van der Waals surface area (Å²) < 4.78 is 12.1. The van der Waals surface area contributed by atoms with Gasteiger partial charge in [0.25, 0.3) is 0 Å². The average molecular weight is 398 g/mol. The molecule has 1 N–H and O–H groups in total. The topological polar surface area (TPSA) is 30.5 Å². The monoisotopic (exact) mass is 397 g/mol. The van der Waals surface area contributed by atoms with E-state index in [4.69, 9.17) is 9.47 Å². The fourth-order valence-corrected chi connectivity index (χ4v) is 5.14. The van der Waals surface area contributed by atoms with Crippen LogP contribution in [0, 0.1) is 0 Å². The van der Waals surface area contributed by atoms with Crippen molar-refractivity contribution >= 4 is 0 Å². The lowest BCUT2D eigenvalue weighted by molar-refractivity contribution is 0.110. The minimum Gasteiger partial charge on any atom is -0.485 e. The molecule has 3 aliphatic rings. The second-order valence-electron chi connectivity index (χ2n) is 8.75. The summed E-state index contributed by atoms with van der Waals surface area (Å²) in [7, 11) is 0. The standard InChI is InChI=1S/C27H27NO2/c1-2-4-23-16-28-25(15-19(23)3-1)20-7-9-26-22(13-20)8-10-27(30-26)21-6-5-18-11-12-29-17-24(18)14-21/h1-7,9,13-14,25,27-28H,8,10-12,15-17H2. The molecule has 6 rings (SSSR count). The molecule has 0 radical (unpaired) electrons. The fourth-order valence-electron chi connectivity index (χ4n) is 5.14. The molecule has 0 saturated heterocycles. The molecule has 30 heavy (non-hydrogen) atoms. The van der Waals surface area contributed by atoms with Gasteiger partial charge in [-0.05, 0) is 76.8 Å². The maximum absolute atomic E-state index is 6.45. The van der Waals surface area contributed by atoms with Crippen molar-refractivity contribution in [1.29, 1.82) is 0 Å². The van der Waals surface area contributed by atoms with Crippen molar-refractivity contribution in [3.05, 3.63) is 99.6 Å². The number of aryl methyl sites for hydroxylation is 1. The maximum atomic E-state index is 6.45. The Kier molecular flexibility index (Phi) is 4.59. The van der Waals surface area contributed by atoms with Crippen LogP contribution in [-0.4, -0.2) is 6.61 Å². The Balaban J connectivity index is 1.21. The van der Waals surface area contributed by atoms with Gasteiger partial charge in [0.15, 0.2) is 0 Å². The van der Waals surface area contributed by atoms with Crippen LogP contribution in [0.15, 0.2) is 60.7 Å². The normalized spacial score (nSPS) is 22.4. The van der Waals surface area contributed by atoms with Crippen molar-refractivity contribution < 1.29 is 9.47 Å². The van der Waals surface area contributed by atoms with Gasteiger partial charge in [0.2, 0.25) is 0 Å². The van der Waals surface area contributed by atoms with E-state index in [1.54, 1.807) is 0 Å². The summed E-state index contributed by atoms with van der Waals surface area (Å²) in [5.41, 5.74) is 9.63. The van der Waals surface area contributed by atoms with Gasteiger partial charge in [-0.3, -0.25) is 0 Å². The zero-order valence-electron chi connectivity index (χ0n) is 17.2. The molecule has 0 bridgehead atoms.